The lowest BCUT2D eigenvalue weighted by Gasteiger charge is -2.34. The largest absolute Gasteiger partial charge is 0.326 e. The molecule has 0 bridgehead atoms. The fourth-order valence-corrected chi connectivity index (χ4v) is 3.65. The molecule has 21 heavy (non-hydrogen) atoms. The first kappa shape index (κ1) is 12.3. The zero-order chi connectivity index (χ0) is 14.6. The van der Waals surface area contributed by atoms with Crippen LogP contribution in [0, 0.1) is 6.92 Å². The third-order valence-electron chi connectivity index (χ3n) is 4.62. The summed E-state index contributed by atoms with van der Waals surface area (Å²) >= 11 is 0. The van der Waals surface area contributed by atoms with Crippen molar-refractivity contribution in [2.45, 2.75) is 25.2 Å². The van der Waals surface area contributed by atoms with Gasteiger partial charge in [-0.05, 0) is 30.5 Å². The number of ketones is 1. The van der Waals surface area contributed by atoms with Crippen LogP contribution in [-0.2, 0) is 16.6 Å². The molecule has 0 saturated heterocycles. The Labute approximate surface area is 123 Å². The van der Waals surface area contributed by atoms with E-state index in [0.717, 1.165) is 27.9 Å². The van der Waals surface area contributed by atoms with Crippen LogP contribution < -0.4 is 5.32 Å². The van der Waals surface area contributed by atoms with Gasteiger partial charge in [0, 0.05) is 17.7 Å². The quantitative estimate of drug-likeness (QED) is 0.804. The van der Waals surface area contributed by atoms with Crippen LogP contribution in [0.15, 0.2) is 42.5 Å². The minimum absolute atomic E-state index is 0.0764. The molecule has 0 radical (unpaired) electrons. The number of Topliss-reactive ketones (excluding diaryl/α,β-unsaturated/α-hetero) is 1. The van der Waals surface area contributed by atoms with E-state index in [1.165, 1.54) is 0 Å². The van der Waals surface area contributed by atoms with E-state index >= 15 is 0 Å². The second-order valence-electron chi connectivity index (χ2n) is 6.02. The maximum absolute atomic E-state index is 13.0. The predicted molar refractivity (Wildman–Crippen MR) is 80.6 cm³/mol. The summed E-state index contributed by atoms with van der Waals surface area (Å²) in [6.45, 7) is 2.01. The summed E-state index contributed by atoms with van der Waals surface area (Å²) in [5.41, 5.74) is 3.94. The molecule has 3 heteroatoms. The molecular weight excluding hydrogens is 262 g/mol. The number of fused-ring (bicyclic) bond motifs is 3. The molecule has 2 aromatic carbocycles. The Bertz CT molecular complexity index is 794. The number of nitrogens with one attached hydrogen (secondary N) is 1. The molecule has 1 atom stereocenters. The maximum Gasteiger partial charge on any atom is 0.225 e. The molecule has 3 nitrogen and oxygen atoms in total. The molecule has 104 valence electrons. The lowest BCUT2D eigenvalue weighted by atomic mass is 9.71. The van der Waals surface area contributed by atoms with Crippen molar-refractivity contribution < 1.29 is 9.59 Å². The molecule has 1 spiro atoms. The molecule has 1 N–H and O–H groups in total. The molecule has 1 heterocycles. The molecule has 0 saturated carbocycles. The van der Waals surface area contributed by atoms with Crippen LogP contribution in [0.4, 0.5) is 5.69 Å². The average molecular weight is 277 g/mol. The van der Waals surface area contributed by atoms with Gasteiger partial charge >= 0.3 is 0 Å². The second-order valence-corrected chi connectivity index (χ2v) is 6.02. The summed E-state index contributed by atoms with van der Waals surface area (Å²) in [7, 11) is 0. The fraction of sp³-hybridized carbons (Fsp3) is 0.222. The molecular formula is C18H15NO2. The number of hydrogen-bond acceptors (Lipinski definition) is 2. The van der Waals surface area contributed by atoms with Crippen molar-refractivity contribution >= 4 is 17.4 Å². The first-order chi connectivity index (χ1) is 10.1. The first-order valence-electron chi connectivity index (χ1n) is 7.14. The van der Waals surface area contributed by atoms with Crippen molar-refractivity contribution in [3.63, 3.8) is 0 Å². The van der Waals surface area contributed by atoms with E-state index in [1.807, 2.05) is 49.4 Å². The molecule has 0 aromatic heterocycles. The first-order valence-corrected chi connectivity index (χ1v) is 7.14. The van der Waals surface area contributed by atoms with Crippen LogP contribution in [0.5, 0.6) is 0 Å². The van der Waals surface area contributed by atoms with Gasteiger partial charge in [-0.2, -0.15) is 0 Å². The highest BCUT2D eigenvalue weighted by Crippen LogP contribution is 2.47. The monoisotopic (exact) mass is 277 g/mol. The summed E-state index contributed by atoms with van der Waals surface area (Å²) in [5.74, 6) is 0.00677. The van der Waals surface area contributed by atoms with Crippen LogP contribution in [0.25, 0.3) is 0 Å². The van der Waals surface area contributed by atoms with E-state index in [2.05, 4.69) is 5.32 Å². The van der Waals surface area contributed by atoms with Gasteiger partial charge in [-0.3, -0.25) is 9.59 Å². The van der Waals surface area contributed by atoms with Crippen molar-refractivity contribution in [2.75, 3.05) is 5.32 Å². The smallest absolute Gasteiger partial charge is 0.225 e. The SMILES string of the molecule is Cc1ccc2c(c1)C1(CC(=O)N2)Cc2ccccc2C1=O. The number of carbonyl (C=O) groups is 2. The molecule has 2 aromatic rings. The zero-order valence-corrected chi connectivity index (χ0v) is 11.8. The summed E-state index contributed by atoms with van der Waals surface area (Å²) in [5, 5.41) is 2.89. The lowest BCUT2D eigenvalue weighted by molar-refractivity contribution is -0.117. The standard InChI is InChI=1S/C18H15NO2/c1-11-6-7-15-14(8-11)18(10-16(20)19-15)9-12-4-2-3-5-13(12)17(18)21/h2-8H,9-10H2,1H3,(H,19,20). The Balaban J connectivity index is 1.96. The van der Waals surface area contributed by atoms with Gasteiger partial charge in [-0.15, -0.1) is 0 Å². The Morgan fingerprint density at radius 2 is 1.86 bits per heavy atom. The Hall–Kier alpha value is -2.42. The van der Waals surface area contributed by atoms with E-state index in [4.69, 9.17) is 0 Å². The van der Waals surface area contributed by atoms with Gasteiger partial charge in [0.1, 0.15) is 0 Å². The van der Waals surface area contributed by atoms with E-state index < -0.39 is 5.41 Å². The third kappa shape index (κ3) is 1.60. The maximum atomic E-state index is 13.0. The van der Waals surface area contributed by atoms with Crippen molar-refractivity contribution in [1.82, 2.24) is 0 Å². The normalized spacial score (nSPS) is 22.9. The highest BCUT2D eigenvalue weighted by atomic mass is 16.2. The number of aryl methyl sites for hydroxylation is 1. The molecule has 4 rings (SSSR count). The minimum Gasteiger partial charge on any atom is -0.326 e. The van der Waals surface area contributed by atoms with Crippen LogP contribution in [-0.4, -0.2) is 11.7 Å². The van der Waals surface area contributed by atoms with Crippen molar-refractivity contribution in [3.05, 3.63) is 64.7 Å². The Morgan fingerprint density at radius 3 is 2.67 bits per heavy atom. The van der Waals surface area contributed by atoms with Crippen molar-refractivity contribution in [3.8, 4) is 0 Å². The molecule has 0 fully saturated rings. The predicted octanol–water partition coefficient (Wildman–Crippen LogP) is 3.01. The van der Waals surface area contributed by atoms with E-state index in [-0.39, 0.29) is 18.1 Å². The van der Waals surface area contributed by atoms with Crippen LogP contribution in [0.1, 0.15) is 33.5 Å². The molecule has 2 aliphatic rings. The topological polar surface area (TPSA) is 46.2 Å². The van der Waals surface area contributed by atoms with Gasteiger partial charge in [-0.1, -0.05) is 42.0 Å². The summed E-state index contributed by atoms with van der Waals surface area (Å²) in [6.07, 6.45) is 0.850. The van der Waals surface area contributed by atoms with Gasteiger partial charge in [-0.25, -0.2) is 0 Å². The highest BCUT2D eigenvalue weighted by Gasteiger charge is 2.51. The number of carbonyl (C=O) groups excluding carboxylic acids is 2. The van der Waals surface area contributed by atoms with Gasteiger partial charge in [0.2, 0.25) is 5.91 Å². The van der Waals surface area contributed by atoms with Crippen LogP contribution >= 0.6 is 0 Å². The number of amides is 1. The van der Waals surface area contributed by atoms with Crippen LogP contribution in [0.2, 0.25) is 0 Å². The Morgan fingerprint density at radius 1 is 1.05 bits per heavy atom. The zero-order valence-electron chi connectivity index (χ0n) is 11.8. The van der Waals surface area contributed by atoms with E-state index in [0.29, 0.717) is 6.42 Å². The number of anilines is 1. The molecule has 1 amide bonds. The summed E-state index contributed by atoms with van der Waals surface area (Å²) < 4.78 is 0. The summed E-state index contributed by atoms with van der Waals surface area (Å²) in [6, 6.07) is 13.6. The Kier molecular flexibility index (Phi) is 2.37. The molecule has 1 aliphatic heterocycles. The summed E-state index contributed by atoms with van der Waals surface area (Å²) in [4.78, 5) is 25.1. The fourth-order valence-electron chi connectivity index (χ4n) is 3.65. The van der Waals surface area contributed by atoms with E-state index in [1.54, 1.807) is 0 Å². The van der Waals surface area contributed by atoms with Gasteiger partial charge < -0.3 is 5.32 Å². The average Bonchev–Trinajstić information content (AvgIpc) is 2.74. The minimum atomic E-state index is -0.715. The van der Waals surface area contributed by atoms with Gasteiger partial charge in [0.25, 0.3) is 0 Å². The molecule has 1 aliphatic carbocycles. The van der Waals surface area contributed by atoms with Crippen LogP contribution in [0.3, 0.4) is 0 Å². The third-order valence-corrected chi connectivity index (χ3v) is 4.62. The number of benzene rings is 2. The van der Waals surface area contributed by atoms with Crippen molar-refractivity contribution in [2.24, 2.45) is 0 Å². The number of hydrogen-bond donors (Lipinski definition) is 1. The highest BCUT2D eigenvalue weighted by molar-refractivity contribution is 6.14. The number of rotatable bonds is 0. The van der Waals surface area contributed by atoms with E-state index in [9.17, 15) is 9.59 Å². The van der Waals surface area contributed by atoms with Gasteiger partial charge in [0.05, 0.1) is 5.41 Å². The molecule has 1 unspecified atom stereocenters. The van der Waals surface area contributed by atoms with Crippen molar-refractivity contribution in [1.29, 1.82) is 0 Å². The second kappa shape index (κ2) is 4.04. The lowest BCUT2D eigenvalue weighted by Crippen LogP contribution is -2.42. The van der Waals surface area contributed by atoms with Gasteiger partial charge in [0.15, 0.2) is 5.78 Å².